The second-order valence-corrected chi connectivity index (χ2v) is 5.36. The number of carbonyl (C=O) groups is 3. The molecule has 1 heterocycles. The SMILES string of the molecule is CCOC(=O)c1cnn(-c2cccc(NC(=O)CNC(=O)CN)c2)c1C.Cl. The van der Waals surface area contributed by atoms with E-state index in [1.807, 2.05) is 0 Å². The maximum absolute atomic E-state index is 11.9. The van der Waals surface area contributed by atoms with E-state index in [4.69, 9.17) is 10.5 Å². The second kappa shape index (κ2) is 10.3. The van der Waals surface area contributed by atoms with Crippen LogP contribution in [0.3, 0.4) is 0 Å². The molecule has 146 valence electrons. The fourth-order valence-corrected chi connectivity index (χ4v) is 2.25. The number of hydrogen-bond acceptors (Lipinski definition) is 6. The summed E-state index contributed by atoms with van der Waals surface area (Å²) in [4.78, 5) is 34.8. The molecular formula is C17H22ClN5O4. The first kappa shape index (κ1) is 22.1. The number of hydrogen-bond donors (Lipinski definition) is 3. The minimum Gasteiger partial charge on any atom is -0.462 e. The molecule has 0 atom stereocenters. The molecule has 27 heavy (non-hydrogen) atoms. The van der Waals surface area contributed by atoms with Crippen molar-refractivity contribution >= 4 is 35.9 Å². The summed E-state index contributed by atoms with van der Waals surface area (Å²) in [5.41, 5.74) is 7.37. The highest BCUT2D eigenvalue weighted by molar-refractivity contribution is 5.95. The van der Waals surface area contributed by atoms with Crippen LogP contribution in [0, 0.1) is 6.92 Å². The van der Waals surface area contributed by atoms with Crippen molar-refractivity contribution in [1.82, 2.24) is 15.1 Å². The van der Waals surface area contributed by atoms with E-state index in [1.165, 1.54) is 6.20 Å². The van der Waals surface area contributed by atoms with Crippen LogP contribution in [0.5, 0.6) is 0 Å². The molecule has 0 radical (unpaired) electrons. The normalized spacial score (nSPS) is 9.89. The van der Waals surface area contributed by atoms with Crippen LogP contribution in [-0.2, 0) is 14.3 Å². The number of nitrogens with one attached hydrogen (secondary N) is 2. The van der Waals surface area contributed by atoms with Gasteiger partial charge in [-0.05, 0) is 32.0 Å². The lowest BCUT2D eigenvalue weighted by Crippen LogP contribution is -2.36. The van der Waals surface area contributed by atoms with E-state index in [0.29, 0.717) is 22.6 Å². The molecule has 0 saturated heterocycles. The molecular weight excluding hydrogens is 374 g/mol. The largest absolute Gasteiger partial charge is 0.462 e. The number of esters is 1. The summed E-state index contributed by atoms with van der Waals surface area (Å²) in [6, 6.07) is 6.95. The van der Waals surface area contributed by atoms with Gasteiger partial charge in [-0.3, -0.25) is 9.59 Å². The zero-order valence-corrected chi connectivity index (χ0v) is 15.8. The third-order valence-electron chi connectivity index (χ3n) is 3.51. The predicted molar refractivity (Wildman–Crippen MR) is 102 cm³/mol. The molecule has 0 bridgehead atoms. The molecule has 0 fully saturated rings. The average Bonchev–Trinajstić information content (AvgIpc) is 3.01. The summed E-state index contributed by atoms with van der Waals surface area (Å²) in [6.07, 6.45) is 1.45. The van der Waals surface area contributed by atoms with Gasteiger partial charge in [0.25, 0.3) is 0 Å². The molecule has 2 amide bonds. The molecule has 0 aliphatic heterocycles. The fourth-order valence-electron chi connectivity index (χ4n) is 2.25. The maximum Gasteiger partial charge on any atom is 0.341 e. The zero-order chi connectivity index (χ0) is 19.1. The molecule has 1 aromatic heterocycles. The number of nitrogens with two attached hydrogens (primary N) is 1. The second-order valence-electron chi connectivity index (χ2n) is 5.36. The molecule has 4 N–H and O–H groups in total. The molecule has 0 aliphatic rings. The minimum absolute atomic E-state index is 0. The topological polar surface area (TPSA) is 128 Å². The minimum atomic E-state index is -0.434. The number of nitrogens with zero attached hydrogens (tertiary/aromatic N) is 2. The van der Waals surface area contributed by atoms with Gasteiger partial charge in [0, 0.05) is 5.69 Å². The van der Waals surface area contributed by atoms with Gasteiger partial charge in [-0.1, -0.05) is 6.07 Å². The fraction of sp³-hybridized carbons (Fsp3) is 0.294. The Morgan fingerprint density at radius 2 is 2.00 bits per heavy atom. The van der Waals surface area contributed by atoms with Crippen LogP contribution in [0.2, 0.25) is 0 Å². The first-order valence-corrected chi connectivity index (χ1v) is 8.05. The van der Waals surface area contributed by atoms with E-state index in [9.17, 15) is 14.4 Å². The van der Waals surface area contributed by atoms with Crippen LogP contribution in [0.15, 0.2) is 30.5 Å². The number of halogens is 1. The monoisotopic (exact) mass is 395 g/mol. The molecule has 9 nitrogen and oxygen atoms in total. The Balaban J connectivity index is 0.00000364. The van der Waals surface area contributed by atoms with Gasteiger partial charge in [0.05, 0.1) is 37.3 Å². The summed E-state index contributed by atoms with van der Waals surface area (Å²) in [6.45, 7) is 3.43. The van der Waals surface area contributed by atoms with E-state index in [0.717, 1.165) is 0 Å². The van der Waals surface area contributed by atoms with Crippen molar-refractivity contribution in [3.63, 3.8) is 0 Å². The molecule has 2 aromatic rings. The van der Waals surface area contributed by atoms with Crippen LogP contribution >= 0.6 is 12.4 Å². The van der Waals surface area contributed by atoms with Crippen molar-refractivity contribution in [2.24, 2.45) is 5.73 Å². The summed E-state index contributed by atoms with van der Waals surface area (Å²) in [5, 5.41) is 9.28. The highest BCUT2D eigenvalue weighted by Crippen LogP contribution is 2.18. The zero-order valence-electron chi connectivity index (χ0n) is 15.0. The molecule has 0 aliphatic carbocycles. The van der Waals surface area contributed by atoms with Crippen LogP contribution < -0.4 is 16.4 Å². The van der Waals surface area contributed by atoms with Crippen molar-refractivity contribution < 1.29 is 19.1 Å². The Morgan fingerprint density at radius 1 is 1.26 bits per heavy atom. The first-order chi connectivity index (χ1) is 12.5. The van der Waals surface area contributed by atoms with Gasteiger partial charge < -0.3 is 21.1 Å². The first-order valence-electron chi connectivity index (χ1n) is 8.05. The van der Waals surface area contributed by atoms with Crippen molar-refractivity contribution in [2.45, 2.75) is 13.8 Å². The van der Waals surface area contributed by atoms with Gasteiger partial charge >= 0.3 is 5.97 Å². The Hall–Kier alpha value is -2.91. The van der Waals surface area contributed by atoms with E-state index in [2.05, 4.69) is 15.7 Å². The van der Waals surface area contributed by atoms with Gasteiger partial charge in [-0.2, -0.15) is 5.10 Å². The standard InChI is InChI=1S/C17H21N5O4.ClH/c1-3-26-17(25)14-9-20-22(11(14)2)13-6-4-5-12(7-13)21-16(24)10-19-15(23)8-18;/h4-7,9H,3,8,10,18H2,1-2H3,(H,19,23)(H,21,24);1H. The molecule has 0 unspecified atom stereocenters. The number of carbonyl (C=O) groups excluding carboxylic acids is 3. The van der Waals surface area contributed by atoms with Crippen LogP contribution in [0.1, 0.15) is 23.0 Å². The van der Waals surface area contributed by atoms with E-state index in [-0.39, 0.29) is 38.0 Å². The summed E-state index contributed by atoms with van der Waals surface area (Å²) in [7, 11) is 0. The number of rotatable bonds is 7. The number of benzene rings is 1. The molecule has 1 aromatic carbocycles. The highest BCUT2D eigenvalue weighted by atomic mass is 35.5. The Bertz CT molecular complexity index is 821. The smallest absolute Gasteiger partial charge is 0.341 e. The molecule has 0 saturated carbocycles. The van der Waals surface area contributed by atoms with Crippen LogP contribution in [-0.4, -0.2) is 47.3 Å². The maximum atomic E-state index is 11.9. The number of aromatic nitrogens is 2. The number of anilines is 1. The lowest BCUT2D eigenvalue weighted by Gasteiger charge is -2.10. The van der Waals surface area contributed by atoms with Crippen molar-refractivity contribution in [2.75, 3.05) is 25.0 Å². The van der Waals surface area contributed by atoms with E-state index in [1.54, 1.807) is 42.8 Å². The van der Waals surface area contributed by atoms with E-state index < -0.39 is 11.9 Å². The summed E-state index contributed by atoms with van der Waals surface area (Å²) < 4.78 is 6.58. The Morgan fingerprint density at radius 3 is 2.67 bits per heavy atom. The van der Waals surface area contributed by atoms with Crippen LogP contribution in [0.25, 0.3) is 5.69 Å². The number of amides is 2. The summed E-state index contributed by atoms with van der Waals surface area (Å²) in [5.74, 6) is -1.22. The quantitative estimate of drug-likeness (QED) is 0.594. The van der Waals surface area contributed by atoms with Gasteiger partial charge in [0.2, 0.25) is 11.8 Å². The molecule has 2 rings (SSSR count). The van der Waals surface area contributed by atoms with Gasteiger partial charge in [0.1, 0.15) is 5.56 Å². The molecule has 0 spiro atoms. The highest BCUT2D eigenvalue weighted by Gasteiger charge is 2.16. The van der Waals surface area contributed by atoms with Crippen molar-refractivity contribution in [3.8, 4) is 5.69 Å². The summed E-state index contributed by atoms with van der Waals surface area (Å²) >= 11 is 0. The third kappa shape index (κ3) is 5.80. The average molecular weight is 396 g/mol. The molecule has 10 heteroatoms. The van der Waals surface area contributed by atoms with Crippen LogP contribution in [0.4, 0.5) is 5.69 Å². The lowest BCUT2D eigenvalue weighted by molar-refractivity contribution is -0.123. The Kier molecular flexibility index (Phi) is 8.43. The lowest BCUT2D eigenvalue weighted by atomic mass is 10.2. The Labute approximate surface area is 162 Å². The predicted octanol–water partition coefficient (Wildman–Crippen LogP) is 0.793. The van der Waals surface area contributed by atoms with Crippen molar-refractivity contribution in [1.29, 1.82) is 0 Å². The van der Waals surface area contributed by atoms with E-state index >= 15 is 0 Å². The van der Waals surface area contributed by atoms with Gasteiger partial charge in [0.15, 0.2) is 0 Å². The van der Waals surface area contributed by atoms with Gasteiger partial charge in [-0.15, -0.1) is 12.4 Å². The third-order valence-corrected chi connectivity index (χ3v) is 3.51. The number of ether oxygens (including phenoxy) is 1. The van der Waals surface area contributed by atoms with Crippen molar-refractivity contribution in [3.05, 3.63) is 41.7 Å². The van der Waals surface area contributed by atoms with Gasteiger partial charge in [-0.25, -0.2) is 9.48 Å².